The minimum absolute atomic E-state index is 0.0583. The number of amides is 3. The lowest BCUT2D eigenvalue weighted by Gasteiger charge is -2.22. The van der Waals surface area contributed by atoms with Gasteiger partial charge < -0.3 is 10.2 Å². The number of hydrogen-bond acceptors (Lipinski definition) is 5. The number of carbonyl (C=O) groups is 3. The Morgan fingerprint density at radius 2 is 2.00 bits per heavy atom. The predicted octanol–water partition coefficient (Wildman–Crippen LogP) is 1.33. The van der Waals surface area contributed by atoms with Gasteiger partial charge in [-0.25, -0.2) is 0 Å². The number of nitrogens with zero attached hydrogens (tertiary/aromatic N) is 3. The smallest absolute Gasteiger partial charge is 0.261 e. The Hall–Kier alpha value is -2.88. The number of anilines is 1. The summed E-state index contributed by atoms with van der Waals surface area (Å²) < 4.78 is 0. The highest BCUT2D eigenvalue weighted by molar-refractivity contribution is 6.21. The van der Waals surface area contributed by atoms with Crippen LogP contribution in [0.2, 0.25) is 0 Å². The van der Waals surface area contributed by atoms with Gasteiger partial charge in [0.1, 0.15) is 0 Å². The van der Waals surface area contributed by atoms with E-state index in [0.717, 1.165) is 4.90 Å². The van der Waals surface area contributed by atoms with Gasteiger partial charge in [-0.2, -0.15) is 5.26 Å². The maximum absolute atomic E-state index is 12.2. The van der Waals surface area contributed by atoms with Crippen molar-refractivity contribution >= 4 is 23.4 Å². The van der Waals surface area contributed by atoms with Gasteiger partial charge in [-0.1, -0.05) is 0 Å². The molecule has 0 unspecified atom stereocenters. The number of benzene rings is 1. The molecule has 1 N–H and O–H groups in total. The quantitative estimate of drug-likeness (QED) is 0.795. The highest BCUT2D eigenvalue weighted by Crippen LogP contribution is 2.24. The molecular weight excluding hydrogens is 308 g/mol. The molecule has 0 saturated carbocycles. The second-order valence-electron chi connectivity index (χ2n) is 5.75. The van der Waals surface area contributed by atoms with Crippen LogP contribution < -0.4 is 5.32 Å². The molecule has 0 spiro atoms. The highest BCUT2D eigenvalue weighted by Gasteiger charge is 2.32. The van der Waals surface area contributed by atoms with Crippen molar-refractivity contribution < 1.29 is 14.4 Å². The molecule has 7 nitrogen and oxygen atoms in total. The molecule has 1 aromatic rings. The Bertz CT molecular complexity index is 723. The summed E-state index contributed by atoms with van der Waals surface area (Å²) in [5, 5.41) is 11.8. The molecular formula is C17H20N4O3. The third-order valence-corrected chi connectivity index (χ3v) is 3.98. The predicted molar refractivity (Wildman–Crippen MR) is 88.4 cm³/mol. The molecule has 7 heteroatoms. The normalized spacial score (nSPS) is 14.2. The van der Waals surface area contributed by atoms with Crippen LogP contribution >= 0.6 is 0 Å². The molecule has 1 aliphatic heterocycles. The Kier molecular flexibility index (Phi) is 5.19. The second kappa shape index (κ2) is 7.13. The van der Waals surface area contributed by atoms with E-state index in [1.807, 2.05) is 6.92 Å². The van der Waals surface area contributed by atoms with Gasteiger partial charge in [0.15, 0.2) is 0 Å². The number of carbonyl (C=O) groups excluding carboxylic acids is 3. The molecule has 0 aromatic heterocycles. The van der Waals surface area contributed by atoms with Crippen LogP contribution in [-0.2, 0) is 4.79 Å². The summed E-state index contributed by atoms with van der Waals surface area (Å²) in [6.07, 6.45) is 0. The lowest BCUT2D eigenvalue weighted by molar-refractivity contribution is -0.129. The topological polar surface area (TPSA) is 93.5 Å². The van der Waals surface area contributed by atoms with Crippen LogP contribution in [-0.4, -0.2) is 54.2 Å². The van der Waals surface area contributed by atoms with E-state index in [-0.39, 0.29) is 30.2 Å². The molecule has 0 radical (unpaired) electrons. The fraction of sp³-hybridized carbons (Fsp3) is 0.412. The Morgan fingerprint density at radius 3 is 2.62 bits per heavy atom. The zero-order chi connectivity index (χ0) is 17.9. The van der Waals surface area contributed by atoms with Crippen LogP contribution in [0.15, 0.2) is 18.2 Å². The molecule has 0 bridgehead atoms. The minimum atomic E-state index is -0.344. The molecule has 1 heterocycles. The molecule has 0 fully saturated rings. The number of imide groups is 1. The Balaban J connectivity index is 2.03. The summed E-state index contributed by atoms with van der Waals surface area (Å²) in [4.78, 5) is 38.7. The third-order valence-electron chi connectivity index (χ3n) is 3.98. The lowest BCUT2D eigenvalue weighted by atomic mass is 10.1. The van der Waals surface area contributed by atoms with Crippen molar-refractivity contribution in [3.05, 3.63) is 29.3 Å². The van der Waals surface area contributed by atoms with Gasteiger partial charge in [-0.3, -0.25) is 19.3 Å². The maximum Gasteiger partial charge on any atom is 0.261 e. The molecule has 1 atom stereocenters. The van der Waals surface area contributed by atoms with E-state index in [0.29, 0.717) is 29.9 Å². The number of hydrogen-bond donors (Lipinski definition) is 1. The Labute approximate surface area is 140 Å². The van der Waals surface area contributed by atoms with Crippen LogP contribution in [0.4, 0.5) is 5.69 Å². The van der Waals surface area contributed by atoms with Gasteiger partial charge in [-0.15, -0.1) is 0 Å². The van der Waals surface area contributed by atoms with E-state index in [2.05, 4.69) is 11.4 Å². The highest BCUT2D eigenvalue weighted by atomic mass is 16.2. The average molecular weight is 328 g/mol. The summed E-state index contributed by atoms with van der Waals surface area (Å²) in [5.74, 6) is -1.02. The van der Waals surface area contributed by atoms with Crippen molar-refractivity contribution in [1.82, 2.24) is 9.80 Å². The zero-order valence-corrected chi connectivity index (χ0v) is 14.0. The van der Waals surface area contributed by atoms with Gasteiger partial charge in [0, 0.05) is 25.8 Å². The standard InChI is InChI=1S/C17H20N4O3/c1-4-21(10-11(2)8-18)15(22)9-19-12-5-6-13-14(7-12)17(24)20(3)16(13)23/h5-7,11,19H,4,9-10H2,1-3H3/t11-/m1/s1. The van der Waals surface area contributed by atoms with E-state index in [1.165, 1.54) is 7.05 Å². The minimum Gasteiger partial charge on any atom is -0.376 e. The first-order valence-electron chi connectivity index (χ1n) is 7.76. The van der Waals surface area contributed by atoms with Gasteiger partial charge in [0.25, 0.3) is 11.8 Å². The van der Waals surface area contributed by atoms with Crippen LogP contribution in [0.25, 0.3) is 0 Å². The number of likely N-dealkylation sites (N-methyl/N-ethyl adjacent to an activating group) is 1. The second-order valence-corrected chi connectivity index (χ2v) is 5.75. The van der Waals surface area contributed by atoms with Crippen molar-refractivity contribution in [2.75, 3.05) is 32.0 Å². The molecule has 0 aliphatic carbocycles. The number of fused-ring (bicyclic) bond motifs is 1. The number of nitriles is 1. The summed E-state index contributed by atoms with van der Waals surface area (Å²) >= 11 is 0. The van der Waals surface area contributed by atoms with Gasteiger partial charge in [0.05, 0.1) is 29.7 Å². The van der Waals surface area contributed by atoms with Crippen molar-refractivity contribution in [1.29, 1.82) is 5.26 Å². The van der Waals surface area contributed by atoms with E-state index >= 15 is 0 Å². The van der Waals surface area contributed by atoms with Crippen molar-refractivity contribution in [3.63, 3.8) is 0 Å². The summed E-state index contributed by atoms with van der Waals surface area (Å²) in [6, 6.07) is 6.95. The lowest BCUT2D eigenvalue weighted by Crippen LogP contribution is -2.38. The average Bonchev–Trinajstić information content (AvgIpc) is 2.81. The van der Waals surface area contributed by atoms with Gasteiger partial charge in [-0.05, 0) is 32.0 Å². The summed E-state index contributed by atoms with van der Waals surface area (Å²) in [6.45, 7) is 4.59. The summed E-state index contributed by atoms with van der Waals surface area (Å²) in [7, 11) is 1.44. The maximum atomic E-state index is 12.2. The zero-order valence-electron chi connectivity index (χ0n) is 14.0. The molecule has 1 aromatic carbocycles. The number of nitrogens with one attached hydrogen (secondary N) is 1. The van der Waals surface area contributed by atoms with E-state index < -0.39 is 0 Å². The first kappa shape index (κ1) is 17.5. The molecule has 2 rings (SSSR count). The molecule has 0 saturated heterocycles. The van der Waals surface area contributed by atoms with Crippen LogP contribution in [0.3, 0.4) is 0 Å². The largest absolute Gasteiger partial charge is 0.376 e. The van der Waals surface area contributed by atoms with E-state index in [4.69, 9.17) is 5.26 Å². The molecule has 126 valence electrons. The van der Waals surface area contributed by atoms with E-state index in [9.17, 15) is 14.4 Å². The van der Waals surface area contributed by atoms with E-state index in [1.54, 1.807) is 30.0 Å². The monoisotopic (exact) mass is 328 g/mol. The SMILES string of the molecule is CCN(C[C@H](C)C#N)C(=O)CNc1ccc2c(c1)C(=O)N(C)C2=O. The van der Waals surface area contributed by atoms with Gasteiger partial charge >= 0.3 is 0 Å². The fourth-order valence-electron chi connectivity index (χ4n) is 2.54. The Morgan fingerprint density at radius 1 is 1.33 bits per heavy atom. The molecule has 24 heavy (non-hydrogen) atoms. The third kappa shape index (κ3) is 3.38. The van der Waals surface area contributed by atoms with Crippen LogP contribution in [0, 0.1) is 17.2 Å². The first-order valence-corrected chi connectivity index (χ1v) is 7.76. The van der Waals surface area contributed by atoms with Crippen LogP contribution in [0.5, 0.6) is 0 Å². The summed E-state index contributed by atoms with van der Waals surface area (Å²) in [5.41, 5.74) is 1.31. The fourth-order valence-corrected chi connectivity index (χ4v) is 2.54. The molecule has 3 amide bonds. The van der Waals surface area contributed by atoms with Crippen molar-refractivity contribution in [2.45, 2.75) is 13.8 Å². The van der Waals surface area contributed by atoms with Gasteiger partial charge in [0.2, 0.25) is 5.91 Å². The van der Waals surface area contributed by atoms with Crippen molar-refractivity contribution in [2.24, 2.45) is 5.92 Å². The first-order chi connectivity index (χ1) is 11.4. The van der Waals surface area contributed by atoms with Crippen LogP contribution in [0.1, 0.15) is 34.6 Å². The molecule has 1 aliphatic rings. The van der Waals surface area contributed by atoms with Crippen molar-refractivity contribution in [3.8, 4) is 6.07 Å². The number of rotatable bonds is 6.